The lowest BCUT2D eigenvalue weighted by Gasteiger charge is -2.30. The average molecular weight is 368 g/mol. The fourth-order valence-corrected chi connectivity index (χ4v) is 3.43. The van der Waals surface area contributed by atoms with Crippen molar-refractivity contribution in [2.75, 3.05) is 4.90 Å². The van der Waals surface area contributed by atoms with Gasteiger partial charge in [0, 0.05) is 21.1 Å². The third-order valence-electron chi connectivity index (χ3n) is 3.19. The van der Waals surface area contributed by atoms with Crippen LogP contribution in [-0.4, -0.2) is 17.1 Å². The first-order valence-corrected chi connectivity index (χ1v) is 8.27. The van der Waals surface area contributed by atoms with Gasteiger partial charge in [-0.25, -0.2) is 0 Å². The topological polar surface area (TPSA) is 61.8 Å². The molecular formula is C15H18BrN3OS. The van der Waals surface area contributed by atoms with Crippen LogP contribution in [0.3, 0.4) is 0 Å². The van der Waals surface area contributed by atoms with Crippen molar-refractivity contribution in [2.45, 2.75) is 26.4 Å². The van der Waals surface area contributed by atoms with E-state index in [0.29, 0.717) is 5.56 Å². The number of amidine groups is 1. The van der Waals surface area contributed by atoms with Crippen LogP contribution in [0, 0.1) is 0 Å². The molecule has 1 aromatic heterocycles. The van der Waals surface area contributed by atoms with Crippen molar-refractivity contribution in [3.05, 3.63) is 50.6 Å². The van der Waals surface area contributed by atoms with E-state index < -0.39 is 0 Å². The molecule has 1 aromatic carbocycles. The fraction of sp³-hybridized carbons (Fsp3) is 0.267. The largest absolute Gasteiger partial charge is 0.409 e. The Balaban J connectivity index is 2.48. The summed E-state index contributed by atoms with van der Waals surface area (Å²) in [5.74, 6) is 0.106. The Hall–Kier alpha value is -1.53. The van der Waals surface area contributed by atoms with Crippen LogP contribution in [0.5, 0.6) is 0 Å². The summed E-state index contributed by atoms with van der Waals surface area (Å²) in [7, 11) is 0. The molecule has 112 valence electrons. The van der Waals surface area contributed by atoms with Crippen LogP contribution in [-0.2, 0) is 6.54 Å². The molecule has 21 heavy (non-hydrogen) atoms. The molecule has 0 saturated heterocycles. The summed E-state index contributed by atoms with van der Waals surface area (Å²) in [6.45, 7) is 5.05. The Morgan fingerprint density at radius 3 is 2.71 bits per heavy atom. The van der Waals surface area contributed by atoms with E-state index in [2.05, 4.69) is 51.3 Å². The van der Waals surface area contributed by atoms with Crippen LogP contribution in [0.1, 0.15) is 24.3 Å². The van der Waals surface area contributed by atoms with E-state index in [0.717, 1.165) is 16.7 Å². The lowest BCUT2D eigenvalue weighted by Crippen LogP contribution is -2.32. The first-order chi connectivity index (χ1) is 10.0. The molecule has 0 fully saturated rings. The van der Waals surface area contributed by atoms with Gasteiger partial charge in [0.1, 0.15) is 0 Å². The maximum absolute atomic E-state index is 9.04. The van der Waals surface area contributed by atoms with Gasteiger partial charge in [0.05, 0.1) is 12.1 Å². The van der Waals surface area contributed by atoms with Crippen molar-refractivity contribution in [2.24, 2.45) is 10.9 Å². The highest BCUT2D eigenvalue weighted by atomic mass is 79.9. The SMILES string of the molecule is CC(C)N(Cc1cccs1)c1cccc(Br)c1/C(N)=N/O. The molecule has 0 spiro atoms. The molecule has 4 nitrogen and oxygen atoms in total. The first kappa shape index (κ1) is 15.9. The van der Waals surface area contributed by atoms with E-state index >= 15 is 0 Å². The van der Waals surface area contributed by atoms with Gasteiger partial charge in [-0.05, 0) is 53.4 Å². The quantitative estimate of drug-likeness (QED) is 0.363. The molecule has 0 aliphatic heterocycles. The predicted molar refractivity (Wildman–Crippen MR) is 92.3 cm³/mol. The number of oxime groups is 1. The number of nitrogens with two attached hydrogens (primary N) is 1. The van der Waals surface area contributed by atoms with E-state index in [-0.39, 0.29) is 11.9 Å². The van der Waals surface area contributed by atoms with Crippen LogP contribution >= 0.6 is 27.3 Å². The molecular weight excluding hydrogens is 350 g/mol. The summed E-state index contributed by atoms with van der Waals surface area (Å²) in [5, 5.41) is 14.3. The summed E-state index contributed by atoms with van der Waals surface area (Å²) in [6, 6.07) is 10.3. The number of benzene rings is 1. The summed E-state index contributed by atoms with van der Waals surface area (Å²) >= 11 is 5.21. The zero-order valence-electron chi connectivity index (χ0n) is 12.0. The third kappa shape index (κ3) is 3.57. The first-order valence-electron chi connectivity index (χ1n) is 6.60. The highest BCUT2D eigenvalue weighted by molar-refractivity contribution is 9.10. The second kappa shape index (κ2) is 6.95. The molecule has 0 aliphatic carbocycles. The van der Waals surface area contributed by atoms with E-state index in [1.54, 1.807) is 11.3 Å². The van der Waals surface area contributed by atoms with E-state index in [1.165, 1.54) is 4.88 Å². The Labute approximate surface area is 137 Å². The van der Waals surface area contributed by atoms with Crippen LogP contribution in [0.25, 0.3) is 0 Å². The lowest BCUT2D eigenvalue weighted by molar-refractivity contribution is 0.318. The van der Waals surface area contributed by atoms with E-state index in [9.17, 15) is 0 Å². The number of nitrogens with zero attached hydrogens (tertiary/aromatic N) is 2. The summed E-state index contributed by atoms with van der Waals surface area (Å²) in [6.07, 6.45) is 0. The van der Waals surface area contributed by atoms with Crippen molar-refractivity contribution in [3.8, 4) is 0 Å². The van der Waals surface area contributed by atoms with Crippen molar-refractivity contribution in [1.29, 1.82) is 0 Å². The second-order valence-corrected chi connectivity index (χ2v) is 6.81. The number of rotatable bonds is 5. The Bertz CT molecular complexity index is 626. The molecule has 1 heterocycles. The van der Waals surface area contributed by atoms with Gasteiger partial charge in [-0.1, -0.05) is 17.3 Å². The van der Waals surface area contributed by atoms with Gasteiger partial charge in [0.15, 0.2) is 5.84 Å². The van der Waals surface area contributed by atoms with Gasteiger partial charge in [-0.15, -0.1) is 11.3 Å². The maximum Gasteiger partial charge on any atom is 0.173 e. The molecule has 2 rings (SSSR count). The minimum atomic E-state index is 0.106. The molecule has 2 aromatic rings. The predicted octanol–water partition coefficient (Wildman–Crippen LogP) is 4.02. The van der Waals surface area contributed by atoms with Gasteiger partial charge in [-0.2, -0.15) is 0 Å². The molecule has 0 saturated carbocycles. The zero-order chi connectivity index (χ0) is 15.4. The van der Waals surface area contributed by atoms with Gasteiger partial charge in [-0.3, -0.25) is 0 Å². The maximum atomic E-state index is 9.04. The average Bonchev–Trinajstić information content (AvgIpc) is 2.96. The molecule has 0 amide bonds. The smallest absolute Gasteiger partial charge is 0.173 e. The highest BCUT2D eigenvalue weighted by Gasteiger charge is 2.19. The number of halogens is 1. The summed E-state index contributed by atoms with van der Waals surface area (Å²) < 4.78 is 0.812. The third-order valence-corrected chi connectivity index (χ3v) is 4.72. The standard InChI is InChI=1S/C15H18BrN3OS/c1-10(2)19(9-11-5-4-8-21-11)13-7-3-6-12(16)14(13)15(17)18-20/h3-8,10,20H,9H2,1-2H3,(H2,17,18). The number of anilines is 1. The molecule has 3 N–H and O–H groups in total. The molecule has 0 aliphatic rings. The fourth-order valence-electron chi connectivity index (χ4n) is 2.17. The zero-order valence-corrected chi connectivity index (χ0v) is 14.4. The second-order valence-electron chi connectivity index (χ2n) is 4.92. The Morgan fingerprint density at radius 1 is 1.38 bits per heavy atom. The van der Waals surface area contributed by atoms with Gasteiger partial charge in [0.2, 0.25) is 0 Å². The molecule has 0 unspecified atom stereocenters. The molecule has 6 heteroatoms. The number of thiophene rings is 1. The van der Waals surface area contributed by atoms with Crippen LogP contribution in [0.4, 0.5) is 5.69 Å². The van der Waals surface area contributed by atoms with Crippen molar-refractivity contribution < 1.29 is 5.21 Å². The van der Waals surface area contributed by atoms with Crippen molar-refractivity contribution in [1.82, 2.24) is 0 Å². The monoisotopic (exact) mass is 367 g/mol. The lowest BCUT2D eigenvalue weighted by atomic mass is 10.1. The van der Waals surface area contributed by atoms with Crippen molar-refractivity contribution >= 4 is 38.8 Å². The summed E-state index contributed by atoms with van der Waals surface area (Å²) in [4.78, 5) is 3.51. The molecule has 0 bridgehead atoms. The number of hydrogen-bond acceptors (Lipinski definition) is 4. The van der Waals surface area contributed by atoms with Crippen LogP contribution in [0.15, 0.2) is 45.3 Å². The highest BCUT2D eigenvalue weighted by Crippen LogP contribution is 2.30. The van der Waals surface area contributed by atoms with E-state index in [1.807, 2.05) is 24.3 Å². The minimum Gasteiger partial charge on any atom is -0.409 e. The summed E-state index contributed by atoms with van der Waals surface area (Å²) in [5.41, 5.74) is 7.51. The molecule has 0 radical (unpaired) electrons. The van der Waals surface area contributed by atoms with Crippen molar-refractivity contribution in [3.63, 3.8) is 0 Å². The Kier molecular flexibility index (Phi) is 5.25. The normalized spacial score (nSPS) is 11.9. The minimum absolute atomic E-state index is 0.106. The van der Waals surface area contributed by atoms with E-state index in [4.69, 9.17) is 10.9 Å². The van der Waals surface area contributed by atoms with Gasteiger partial charge in [0.25, 0.3) is 0 Å². The Morgan fingerprint density at radius 2 is 2.14 bits per heavy atom. The van der Waals surface area contributed by atoms with Crippen LogP contribution < -0.4 is 10.6 Å². The molecule has 0 atom stereocenters. The van der Waals surface area contributed by atoms with Crippen LogP contribution in [0.2, 0.25) is 0 Å². The van der Waals surface area contributed by atoms with Gasteiger partial charge >= 0.3 is 0 Å². The number of hydrogen-bond donors (Lipinski definition) is 2. The van der Waals surface area contributed by atoms with Gasteiger partial charge < -0.3 is 15.8 Å².